The second-order valence-corrected chi connectivity index (χ2v) is 6.90. The van der Waals surface area contributed by atoms with Crippen LogP contribution in [0.15, 0.2) is 63.3 Å². The van der Waals surface area contributed by atoms with Crippen LogP contribution in [-0.4, -0.2) is 28.3 Å². The maximum atomic E-state index is 13.6. The Hall–Kier alpha value is -3.78. The average molecular weight is 410 g/mol. The van der Waals surface area contributed by atoms with E-state index in [2.05, 4.69) is 0 Å². The predicted molar refractivity (Wildman–Crippen MR) is 103 cm³/mol. The van der Waals surface area contributed by atoms with Crippen LogP contribution in [0.1, 0.15) is 27.4 Å². The van der Waals surface area contributed by atoms with Crippen molar-refractivity contribution in [2.24, 2.45) is 0 Å². The molecule has 0 bridgehead atoms. The smallest absolute Gasteiger partial charge is 0.336 e. The lowest BCUT2D eigenvalue weighted by Crippen LogP contribution is -2.31. The van der Waals surface area contributed by atoms with Gasteiger partial charge in [0, 0.05) is 11.5 Å². The number of Topliss-reactive ketones (excluding diaryl/α,β-unsaturated/α-hetero) is 1. The van der Waals surface area contributed by atoms with Crippen LogP contribution in [0.5, 0.6) is 5.75 Å². The van der Waals surface area contributed by atoms with E-state index in [0.29, 0.717) is 5.39 Å². The highest BCUT2D eigenvalue weighted by Crippen LogP contribution is 2.33. The number of rotatable bonds is 3. The van der Waals surface area contributed by atoms with Crippen LogP contribution in [0.3, 0.4) is 0 Å². The Balaban J connectivity index is 1.89. The molecule has 1 aliphatic rings. The van der Waals surface area contributed by atoms with Gasteiger partial charge in [0.05, 0.1) is 11.1 Å². The quantitative estimate of drug-likeness (QED) is 0.504. The maximum Gasteiger partial charge on any atom is 0.336 e. The Labute approximate surface area is 168 Å². The van der Waals surface area contributed by atoms with Crippen LogP contribution in [0, 0.1) is 12.7 Å². The zero-order valence-electron chi connectivity index (χ0n) is 15.6. The van der Waals surface area contributed by atoms with E-state index in [0.717, 1.165) is 29.8 Å². The number of halogens is 1. The van der Waals surface area contributed by atoms with Crippen molar-refractivity contribution in [3.8, 4) is 5.75 Å². The van der Waals surface area contributed by atoms with Crippen molar-refractivity contribution in [1.82, 2.24) is 0 Å². The van der Waals surface area contributed by atoms with E-state index in [9.17, 15) is 29.0 Å². The third kappa shape index (κ3) is 3.37. The standard InChI is InChI=1S/C22H15FO7/c1-10-2-4-12-13(9-19(24)29-18(12)6-10)14(21(26)27)8-16-20(25)15-7-11(23)3-5-17(15)30-22(16)28/h2-9,14,22,28H,1H3,(H,26,27)/b16-8-/t14-,22+/m0/s1. The van der Waals surface area contributed by atoms with Gasteiger partial charge in [-0.15, -0.1) is 0 Å². The van der Waals surface area contributed by atoms with Gasteiger partial charge in [-0.3, -0.25) is 9.59 Å². The highest BCUT2D eigenvalue weighted by atomic mass is 19.1. The number of ether oxygens (including phenoxy) is 1. The summed E-state index contributed by atoms with van der Waals surface area (Å²) < 4.78 is 24.0. The fourth-order valence-corrected chi connectivity index (χ4v) is 3.42. The number of aliphatic carboxylic acids is 1. The van der Waals surface area contributed by atoms with E-state index in [-0.39, 0.29) is 28.0 Å². The fraction of sp³-hybridized carbons (Fsp3) is 0.136. The molecule has 0 unspecified atom stereocenters. The van der Waals surface area contributed by atoms with E-state index in [4.69, 9.17) is 9.15 Å². The molecular formula is C22H15FO7. The van der Waals surface area contributed by atoms with Crippen LogP contribution in [0.4, 0.5) is 4.39 Å². The van der Waals surface area contributed by atoms with E-state index < -0.39 is 35.4 Å². The van der Waals surface area contributed by atoms with Gasteiger partial charge < -0.3 is 19.4 Å². The fourth-order valence-electron chi connectivity index (χ4n) is 3.42. The minimum atomic E-state index is -1.74. The molecule has 2 N–H and O–H groups in total. The minimum Gasteiger partial charge on any atom is -0.481 e. The molecule has 8 heteroatoms. The topological polar surface area (TPSA) is 114 Å². The van der Waals surface area contributed by atoms with Crippen LogP contribution in [0.2, 0.25) is 0 Å². The number of carboxylic acid groups (broad SMARTS) is 1. The number of benzene rings is 2. The molecule has 4 rings (SSSR count). The van der Waals surface area contributed by atoms with Crippen LogP contribution < -0.4 is 10.4 Å². The molecule has 1 aromatic heterocycles. The Morgan fingerprint density at radius 2 is 1.93 bits per heavy atom. The number of hydrogen-bond acceptors (Lipinski definition) is 6. The largest absolute Gasteiger partial charge is 0.481 e. The highest BCUT2D eigenvalue weighted by molar-refractivity contribution is 6.12. The van der Waals surface area contributed by atoms with Crippen LogP contribution in [0.25, 0.3) is 11.0 Å². The van der Waals surface area contributed by atoms with E-state index in [1.165, 1.54) is 6.07 Å². The van der Waals surface area contributed by atoms with Gasteiger partial charge >= 0.3 is 11.6 Å². The molecule has 0 saturated heterocycles. The molecule has 0 saturated carbocycles. The first kappa shape index (κ1) is 19.5. The Bertz CT molecular complexity index is 1290. The predicted octanol–water partition coefficient (Wildman–Crippen LogP) is 2.93. The number of carbonyl (C=O) groups excluding carboxylic acids is 1. The first-order valence-corrected chi connectivity index (χ1v) is 8.92. The average Bonchev–Trinajstić information content (AvgIpc) is 2.67. The molecule has 1 aliphatic heterocycles. The lowest BCUT2D eigenvalue weighted by atomic mass is 9.90. The van der Waals surface area contributed by atoms with Crippen molar-refractivity contribution in [1.29, 1.82) is 0 Å². The summed E-state index contributed by atoms with van der Waals surface area (Å²) in [5.74, 6) is -4.29. The van der Waals surface area contributed by atoms with Gasteiger partial charge in [0.1, 0.15) is 23.1 Å². The van der Waals surface area contributed by atoms with Gasteiger partial charge in [-0.25, -0.2) is 9.18 Å². The van der Waals surface area contributed by atoms with Gasteiger partial charge in [0.15, 0.2) is 5.78 Å². The lowest BCUT2D eigenvalue weighted by Gasteiger charge is -2.24. The monoisotopic (exact) mass is 410 g/mol. The van der Waals surface area contributed by atoms with Crippen molar-refractivity contribution in [3.05, 3.63) is 87.0 Å². The Kier molecular flexibility index (Phi) is 4.71. The molecule has 152 valence electrons. The SMILES string of the molecule is Cc1ccc2c([C@H](/C=C3/C(=O)c4cc(F)ccc4O[C@H]3O)C(=O)O)cc(=O)oc2c1. The first-order valence-electron chi connectivity index (χ1n) is 8.92. The van der Waals surface area contributed by atoms with Gasteiger partial charge in [-0.1, -0.05) is 18.2 Å². The number of aliphatic hydroxyl groups excluding tert-OH is 1. The van der Waals surface area contributed by atoms with Crippen molar-refractivity contribution in [2.45, 2.75) is 19.1 Å². The molecule has 0 aliphatic carbocycles. The minimum absolute atomic E-state index is 0.0146. The maximum absolute atomic E-state index is 13.6. The number of aliphatic hydroxyl groups is 1. The number of carboxylic acids is 1. The number of hydrogen-bond donors (Lipinski definition) is 2. The molecule has 0 radical (unpaired) electrons. The number of ketones is 1. The van der Waals surface area contributed by atoms with E-state index >= 15 is 0 Å². The second-order valence-electron chi connectivity index (χ2n) is 6.90. The first-order chi connectivity index (χ1) is 14.2. The van der Waals surface area contributed by atoms with Crippen LogP contribution in [-0.2, 0) is 4.79 Å². The summed E-state index contributed by atoms with van der Waals surface area (Å²) in [4.78, 5) is 36.8. The van der Waals surface area contributed by atoms with Crippen LogP contribution >= 0.6 is 0 Å². The molecule has 7 nitrogen and oxygen atoms in total. The molecule has 2 aromatic carbocycles. The molecule has 2 heterocycles. The molecule has 0 amide bonds. The molecule has 0 fully saturated rings. The summed E-state index contributed by atoms with van der Waals surface area (Å²) in [6, 6.07) is 9.18. The molecule has 2 atom stereocenters. The number of carbonyl (C=O) groups is 2. The Morgan fingerprint density at radius 1 is 1.17 bits per heavy atom. The van der Waals surface area contributed by atoms with Gasteiger partial charge in [0.25, 0.3) is 0 Å². The summed E-state index contributed by atoms with van der Waals surface area (Å²) in [6.45, 7) is 1.79. The lowest BCUT2D eigenvalue weighted by molar-refractivity contribution is -0.137. The van der Waals surface area contributed by atoms with Crippen molar-refractivity contribution < 1.29 is 33.3 Å². The van der Waals surface area contributed by atoms with Crippen molar-refractivity contribution >= 4 is 22.7 Å². The van der Waals surface area contributed by atoms with E-state index in [1.54, 1.807) is 25.1 Å². The summed E-state index contributed by atoms with van der Waals surface area (Å²) >= 11 is 0. The molecule has 3 aromatic rings. The van der Waals surface area contributed by atoms with Crippen molar-refractivity contribution in [3.63, 3.8) is 0 Å². The van der Waals surface area contributed by atoms with Gasteiger partial charge in [0.2, 0.25) is 6.29 Å². The zero-order chi connectivity index (χ0) is 21.6. The third-order valence-corrected chi connectivity index (χ3v) is 4.83. The second kappa shape index (κ2) is 7.23. The highest BCUT2D eigenvalue weighted by Gasteiger charge is 2.33. The molecule has 0 spiro atoms. The molecule has 30 heavy (non-hydrogen) atoms. The summed E-state index contributed by atoms with van der Waals surface area (Å²) in [5, 5.41) is 20.4. The summed E-state index contributed by atoms with van der Waals surface area (Å²) in [7, 11) is 0. The Morgan fingerprint density at radius 3 is 2.67 bits per heavy atom. The normalized spacial score (nSPS) is 18.2. The molecular weight excluding hydrogens is 395 g/mol. The van der Waals surface area contributed by atoms with Gasteiger partial charge in [-0.05, 0) is 42.3 Å². The zero-order valence-corrected chi connectivity index (χ0v) is 15.6. The summed E-state index contributed by atoms with van der Waals surface area (Å²) in [5.41, 5.74) is -0.171. The third-order valence-electron chi connectivity index (χ3n) is 4.83. The number of aryl methyl sites for hydroxylation is 1. The number of fused-ring (bicyclic) bond motifs is 2. The van der Waals surface area contributed by atoms with E-state index in [1.807, 2.05) is 0 Å². The van der Waals surface area contributed by atoms with Crippen molar-refractivity contribution in [2.75, 3.05) is 0 Å². The van der Waals surface area contributed by atoms with Gasteiger partial charge in [-0.2, -0.15) is 0 Å². The summed E-state index contributed by atoms with van der Waals surface area (Å²) in [6.07, 6.45) is -0.733.